The molecule has 0 atom stereocenters. The minimum atomic E-state index is -2.90. The molecule has 2 fully saturated rings. The summed E-state index contributed by atoms with van der Waals surface area (Å²) in [6.07, 6.45) is 4.50. The fourth-order valence-electron chi connectivity index (χ4n) is 3.65. The molecule has 152 valence electrons. The number of piperidine rings is 1. The van der Waals surface area contributed by atoms with Crippen LogP contribution in [0.25, 0.3) is 0 Å². The van der Waals surface area contributed by atoms with E-state index in [4.69, 9.17) is 0 Å². The normalized spacial score (nSPS) is 22.0. The Morgan fingerprint density at radius 1 is 1.19 bits per heavy atom. The summed E-state index contributed by atoms with van der Waals surface area (Å²) >= 11 is 0. The molecule has 2 saturated heterocycles. The number of carbonyl (C=O) groups is 1. The highest BCUT2D eigenvalue weighted by Crippen LogP contribution is 2.17. The smallest absolute Gasteiger partial charge is 0.220 e. The molecule has 10 heteroatoms. The fourth-order valence-corrected chi connectivity index (χ4v) is 5.15. The van der Waals surface area contributed by atoms with E-state index in [1.165, 1.54) is 12.8 Å². The van der Waals surface area contributed by atoms with Gasteiger partial charge in [0.2, 0.25) is 5.91 Å². The van der Waals surface area contributed by atoms with E-state index in [1.807, 2.05) is 0 Å². The molecular formula is C17H30N6O3S. The van der Waals surface area contributed by atoms with E-state index in [9.17, 15) is 13.2 Å². The second kappa shape index (κ2) is 9.09. The molecule has 0 radical (unpaired) electrons. The molecule has 0 aliphatic carbocycles. The maximum absolute atomic E-state index is 12.1. The van der Waals surface area contributed by atoms with Crippen LogP contribution in [0.15, 0.2) is 0 Å². The van der Waals surface area contributed by atoms with Crippen LogP contribution in [0.1, 0.15) is 51.3 Å². The second-order valence-electron chi connectivity index (χ2n) is 7.87. The van der Waals surface area contributed by atoms with Crippen LogP contribution in [0.3, 0.4) is 0 Å². The summed E-state index contributed by atoms with van der Waals surface area (Å²) in [6, 6.07) is -0.0221. The van der Waals surface area contributed by atoms with Crippen molar-refractivity contribution in [2.75, 3.05) is 24.6 Å². The van der Waals surface area contributed by atoms with Crippen LogP contribution >= 0.6 is 0 Å². The Morgan fingerprint density at radius 3 is 2.59 bits per heavy atom. The number of hydrogen-bond donors (Lipinski definition) is 1. The van der Waals surface area contributed by atoms with Crippen LogP contribution in [0.2, 0.25) is 0 Å². The van der Waals surface area contributed by atoms with Crippen molar-refractivity contribution in [2.45, 2.75) is 64.6 Å². The lowest BCUT2D eigenvalue weighted by atomic mass is 9.99. The first kappa shape index (κ1) is 20.2. The minimum absolute atomic E-state index is 0.0221. The van der Waals surface area contributed by atoms with E-state index in [0.29, 0.717) is 32.2 Å². The Balaban J connectivity index is 1.38. The predicted octanol–water partition coefficient (Wildman–Crippen LogP) is 0.379. The molecule has 1 aromatic heterocycles. The van der Waals surface area contributed by atoms with Gasteiger partial charge in [0.15, 0.2) is 5.82 Å². The van der Waals surface area contributed by atoms with Crippen molar-refractivity contribution >= 4 is 15.7 Å². The molecule has 1 aromatic rings. The molecule has 2 aliphatic rings. The first-order valence-electron chi connectivity index (χ1n) is 9.88. The molecule has 0 bridgehead atoms. The maximum Gasteiger partial charge on any atom is 0.220 e. The number of tetrazole rings is 1. The number of aryl methyl sites for hydroxylation is 1. The third-order valence-corrected chi connectivity index (χ3v) is 7.26. The Morgan fingerprint density at radius 2 is 1.89 bits per heavy atom. The quantitative estimate of drug-likeness (QED) is 0.707. The zero-order valence-electron chi connectivity index (χ0n) is 16.0. The third-order valence-electron chi connectivity index (χ3n) is 5.54. The molecule has 27 heavy (non-hydrogen) atoms. The number of hydrogen-bond acceptors (Lipinski definition) is 7. The number of nitrogens with zero attached hydrogens (tertiary/aromatic N) is 5. The van der Waals surface area contributed by atoms with Gasteiger partial charge in [0, 0.05) is 19.0 Å². The van der Waals surface area contributed by atoms with Gasteiger partial charge in [0.05, 0.1) is 18.1 Å². The van der Waals surface area contributed by atoms with E-state index in [1.54, 1.807) is 4.68 Å². The standard InChI is InChI=1S/C17H30N6O3S/c1-14-4-9-22(10-5-14)13-16-19-20-21-23(16)8-2-3-17(24)18-15-6-11-27(25,26)12-7-15/h14-15H,2-13H2,1H3,(H,18,24). The second-order valence-corrected chi connectivity index (χ2v) is 10.2. The van der Waals surface area contributed by atoms with E-state index >= 15 is 0 Å². The zero-order chi connectivity index (χ0) is 19.3. The van der Waals surface area contributed by atoms with Gasteiger partial charge in [-0.15, -0.1) is 5.10 Å². The van der Waals surface area contributed by atoms with Gasteiger partial charge >= 0.3 is 0 Å². The Labute approximate surface area is 160 Å². The van der Waals surface area contributed by atoms with E-state index in [2.05, 4.69) is 32.7 Å². The highest BCUT2D eigenvalue weighted by molar-refractivity contribution is 7.91. The van der Waals surface area contributed by atoms with Crippen molar-refractivity contribution in [3.05, 3.63) is 5.82 Å². The number of likely N-dealkylation sites (tertiary alicyclic amines) is 1. The van der Waals surface area contributed by atoms with E-state index in [0.717, 1.165) is 31.4 Å². The van der Waals surface area contributed by atoms with Crippen LogP contribution in [-0.4, -0.2) is 70.1 Å². The van der Waals surface area contributed by atoms with Gasteiger partial charge in [0.25, 0.3) is 0 Å². The minimum Gasteiger partial charge on any atom is -0.353 e. The van der Waals surface area contributed by atoms with Crippen LogP contribution < -0.4 is 5.32 Å². The van der Waals surface area contributed by atoms with Gasteiger partial charge in [0.1, 0.15) is 9.84 Å². The van der Waals surface area contributed by atoms with Crippen LogP contribution in [0.4, 0.5) is 0 Å². The lowest BCUT2D eigenvalue weighted by Crippen LogP contribution is -2.40. The average Bonchev–Trinajstić information content (AvgIpc) is 3.06. The van der Waals surface area contributed by atoms with E-state index in [-0.39, 0.29) is 23.5 Å². The molecule has 2 aliphatic heterocycles. The SMILES string of the molecule is CC1CCN(Cc2nnnn2CCCC(=O)NC2CCS(=O)(=O)CC2)CC1. The van der Waals surface area contributed by atoms with Crippen molar-refractivity contribution in [1.29, 1.82) is 0 Å². The Bertz CT molecular complexity index is 713. The first-order valence-corrected chi connectivity index (χ1v) is 11.7. The summed E-state index contributed by atoms with van der Waals surface area (Å²) in [4.78, 5) is 14.5. The third kappa shape index (κ3) is 6.24. The lowest BCUT2D eigenvalue weighted by Gasteiger charge is -2.29. The lowest BCUT2D eigenvalue weighted by molar-refractivity contribution is -0.122. The highest BCUT2D eigenvalue weighted by atomic mass is 32.2. The van der Waals surface area contributed by atoms with Crippen molar-refractivity contribution in [1.82, 2.24) is 30.4 Å². The first-order chi connectivity index (χ1) is 12.9. The van der Waals surface area contributed by atoms with Gasteiger partial charge in [-0.1, -0.05) is 6.92 Å². The van der Waals surface area contributed by atoms with Gasteiger partial charge in [-0.25, -0.2) is 13.1 Å². The molecule has 1 N–H and O–H groups in total. The number of amides is 1. The molecule has 3 rings (SSSR count). The summed E-state index contributed by atoms with van der Waals surface area (Å²) in [7, 11) is -2.90. The van der Waals surface area contributed by atoms with E-state index < -0.39 is 9.84 Å². The van der Waals surface area contributed by atoms with Crippen LogP contribution in [0.5, 0.6) is 0 Å². The average molecular weight is 399 g/mol. The van der Waals surface area contributed by atoms with Gasteiger partial charge in [-0.2, -0.15) is 0 Å². The summed E-state index contributed by atoms with van der Waals surface area (Å²) in [5.74, 6) is 1.95. The summed E-state index contributed by atoms with van der Waals surface area (Å²) < 4.78 is 24.7. The summed E-state index contributed by atoms with van der Waals surface area (Å²) in [5.41, 5.74) is 0. The molecule has 0 aromatic carbocycles. The molecule has 1 amide bonds. The topological polar surface area (TPSA) is 110 Å². The largest absolute Gasteiger partial charge is 0.353 e. The van der Waals surface area contributed by atoms with Crippen molar-refractivity contribution in [3.63, 3.8) is 0 Å². The molecule has 9 nitrogen and oxygen atoms in total. The Kier molecular flexibility index (Phi) is 6.80. The van der Waals surface area contributed by atoms with Gasteiger partial charge in [-0.3, -0.25) is 9.69 Å². The van der Waals surface area contributed by atoms with Crippen molar-refractivity contribution < 1.29 is 13.2 Å². The highest BCUT2D eigenvalue weighted by Gasteiger charge is 2.24. The molecule has 0 spiro atoms. The fraction of sp³-hybridized carbons (Fsp3) is 0.882. The number of nitrogens with one attached hydrogen (secondary N) is 1. The summed E-state index contributed by atoms with van der Waals surface area (Å²) in [5, 5.41) is 14.9. The van der Waals surface area contributed by atoms with Crippen molar-refractivity contribution in [3.8, 4) is 0 Å². The number of rotatable bonds is 7. The molecular weight excluding hydrogens is 368 g/mol. The number of aromatic nitrogens is 4. The maximum atomic E-state index is 12.1. The monoisotopic (exact) mass is 398 g/mol. The van der Waals surface area contributed by atoms with Gasteiger partial charge in [-0.05, 0) is 61.5 Å². The number of sulfone groups is 1. The molecule has 3 heterocycles. The van der Waals surface area contributed by atoms with Crippen LogP contribution in [0, 0.1) is 5.92 Å². The van der Waals surface area contributed by atoms with Gasteiger partial charge < -0.3 is 5.32 Å². The van der Waals surface area contributed by atoms with Crippen LogP contribution in [-0.2, 0) is 27.7 Å². The Hall–Kier alpha value is -1.55. The summed E-state index contributed by atoms with van der Waals surface area (Å²) in [6.45, 7) is 5.81. The molecule has 0 saturated carbocycles. The molecule has 0 unspecified atom stereocenters. The zero-order valence-corrected chi connectivity index (χ0v) is 16.8. The number of carbonyl (C=O) groups excluding carboxylic acids is 1. The predicted molar refractivity (Wildman–Crippen MR) is 101 cm³/mol. The van der Waals surface area contributed by atoms with Crippen molar-refractivity contribution in [2.24, 2.45) is 5.92 Å².